The minimum atomic E-state index is -0.233. The molecule has 25 heavy (non-hydrogen) atoms. The maximum atomic E-state index is 13.3. The smallest absolute Gasteiger partial charge is 0.259 e. The molecule has 3 aromatic rings. The van der Waals surface area contributed by atoms with E-state index in [0.717, 1.165) is 35.0 Å². The van der Waals surface area contributed by atoms with Gasteiger partial charge >= 0.3 is 0 Å². The maximum Gasteiger partial charge on any atom is 0.259 e. The number of aromatic amines is 1. The lowest BCUT2D eigenvalue weighted by Gasteiger charge is -2.16. The van der Waals surface area contributed by atoms with Gasteiger partial charge in [-0.2, -0.15) is 0 Å². The van der Waals surface area contributed by atoms with Crippen molar-refractivity contribution in [3.8, 4) is 0 Å². The highest BCUT2D eigenvalue weighted by atomic mass is 32.1. The summed E-state index contributed by atoms with van der Waals surface area (Å²) in [5.41, 5.74) is 2.08. The molecular formula is C19H20FN3OS. The van der Waals surface area contributed by atoms with E-state index in [4.69, 9.17) is 0 Å². The van der Waals surface area contributed by atoms with E-state index in [1.165, 1.54) is 29.0 Å². The fourth-order valence-corrected chi connectivity index (χ4v) is 4.82. The number of benzene rings is 1. The third kappa shape index (κ3) is 3.37. The van der Waals surface area contributed by atoms with E-state index < -0.39 is 0 Å². The Bertz CT molecular complexity index is 978. The number of nitrogens with one attached hydrogen (secondary N) is 1. The molecule has 1 N–H and O–H groups in total. The summed E-state index contributed by atoms with van der Waals surface area (Å²) in [6, 6.07) is 6.57. The van der Waals surface area contributed by atoms with E-state index in [2.05, 4.69) is 9.97 Å². The largest absolute Gasteiger partial charge is 0.309 e. The first-order valence-corrected chi connectivity index (χ1v) is 9.38. The zero-order valence-corrected chi connectivity index (χ0v) is 15.0. The van der Waals surface area contributed by atoms with Gasteiger partial charge in [0.25, 0.3) is 5.56 Å². The van der Waals surface area contributed by atoms with Crippen LogP contribution in [-0.2, 0) is 25.9 Å². The number of aromatic nitrogens is 2. The van der Waals surface area contributed by atoms with Crippen LogP contribution in [0.25, 0.3) is 10.2 Å². The van der Waals surface area contributed by atoms with Crippen molar-refractivity contribution in [3.05, 3.63) is 62.3 Å². The highest BCUT2D eigenvalue weighted by Crippen LogP contribution is 2.33. The molecule has 0 fully saturated rings. The molecule has 0 saturated carbocycles. The van der Waals surface area contributed by atoms with Gasteiger partial charge in [0.15, 0.2) is 0 Å². The molecule has 0 spiro atoms. The van der Waals surface area contributed by atoms with E-state index in [0.29, 0.717) is 18.9 Å². The van der Waals surface area contributed by atoms with Crippen molar-refractivity contribution in [1.29, 1.82) is 0 Å². The molecule has 1 aromatic carbocycles. The van der Waals surface area contributed by atoms with E-state index in [1.54, 1.807) is 17.4 Å². The molecule has 1 aliphatic carbocycles. The normalized spacial score (nSPS) is 14.2. The third-order valence-electron chi connectivity index (χ3n) is 4.64. The van der Waals surface area contributed by atoms with E-state index in [9.17, 15) is 9.18 Å². The molecule has 0 bridgehead atoms. The number of fused-ring (bicyclic) bond motifs is 3. The molecule has 6 heteroatoms. The van der Waals surface area contributed by atoms with E-state index in [1.807, 2.05) is 18.0 Å². The Morgan fingerprint density at radius 2 is 2.12 bits per heavy atom. The van der Waals surface area contributed by atoms with Crippen molar-refractivity contribution in [2.45, 2.75) is 38.8 Å². The summed E-state index contributed by atoms with van der Waals surface area (Å²) < 4.78 is 13.3. The molecule has 1 aliphatic rings. The minimum absolute atomic E-state index is 0.0291. The lowest BCUT2D eigenvalue weighted by molar-refractivity contribution is 0.310. The van der Waals surface area contributed by atoms with Crippen molar-refractivity contribution in [1.82, 2.24) is 14.9 Å². The fourth-order valence-electron chi connectivity index (χ4n) is 3.54. The summed E-state index contributed by atoms with van der Waals surface area (Å²) in [7, 11) is 1.94. The maximum absolute atomic E-state index is 13.3. The lowest BCUT2D eigenvalue weighted by atomic mass is 9.97. The van der Waals surface area contributed by atoms with Crippen LogP contribution in [0, 0.1) is 5.82 Å². The Morgan fingerprint density at radius 3 is 2.96 bits per heavy atom. The number of rotatable bonds is 4. The van der Waals surface area contributed by atoms with Gasteiger partial charge in [-0.1, -0.05) is 12.1 Å². The van der Waals surface area contributed by atoms with Gasteiger partial charge in [0.05, 0.1) is 11.9 Å². The molecule has 0 aliphatic heterocycles. The second-order valence-electron chi connectivity index (χ2n) is 6.71. The van der Waals surface area contributed by atoms with Gasteiger partial charge in [-0.05, 0) is 56.0 Å². The van der Waals surface area contributed by atoms with Crippen LogP contribution in [0.3, 0.4) is 0 Å². The molecule has 0 atom stereocenters. The topological polar surface area (TPSA) is 49.0 Å². The molecule has 0 amide bonds. The Labute approximate surface area is 149 Å². The van der Waals surface area contributed by atoms with Crippen LogP contribution in [0.1, 0.15) is 34.7 Å². The number of hydrogen-bond donors (Lipinski definition) is 1. The summed E-state index contributed by atoms with van der Waals surface area (Å²) in [5, 5.41) is 0.788. The third-order valence-corrected chi connectivity index (χ3v) is 5.82. The summed E-state index contributed by atoms with van der Waals surface area (Å²) in [5.74, 6) is 0.429. The van der Waals surface area contributed by atoms with Crippen LogP contribution in [0.15, 0.2) is 29.1 Å². The number of H-pyrrole nitrogens is 1. The zero-order valence-electron chi connectivity index (χ0n) is 14.1. The van der Waals surface area contributed by atoms with Crippen molar-refractivity contribution < 1.29 is 4.39 Å². The quantitative estimate of drug-likeness (QED) is 0.776. The summed E-state index contributed by atoms with van der Waals surface area (Å²) in [6.07, 6.45) is 4.39. The molecular weight excluding hydrogens is 337 g/mol. The molecule has 2 aromatic heterocycles. The molecule has 0 saturated heterocycles. The Balaban J connectivity index is 1.58. The lowest BCUT2D eigenvalue weighted by Crippen LogP contribution is -2.22. The average Bonchev–Trinajstić information content (AvgIpc) is 2.93. The van der Waals surface area contributed by atoms with Crippen molar-refractivity contribution in [2.24, 2.45) is 0 Å². The Morgan fingerprint density at radius 1 is 1.28 bits per heavy atom. The number of nitrogens with zero attached hydrogens (tertiary/aromatic N) is 2. The number of halogens is 1. The molecule has 4 nitrogen and oxygen atoms in total. The molecule has 130 valence electrons. The summed E-state index contributed by atoms with van der Waals surface area (Å²) >= 11 is 1.66. The first-order valence-electron chi connectivity index (χ1n) is 8.56. The molecule has 4 rings (SSSR count). The van der Waals surface area contributed by atoms with Gasteiger partial charge in [-0.3, -0.25) is 9.69 Å². The van der Waals surface area contributed by atoms with Gasteiger partial charge in [0.1, 0.15) is 16.5 Å². The molecule has 0 unspecified atom stereocenters. The average molecular weight is 357 g/mol. The van der Waals surface area contributed by atoms with Gasteiger partial charge in [-0.25, -0.2) is 9.37 Å². The van der Waals surface area contributed by atoms with Crippen LogP contribution in [0.2, 0.25) is 0 Å². The van der Waals surface area contributed by atoms with E-state index in [-0.39, 0.29) is 11.4 Å². The van der Waals surface area contributed by atoms with Crippen LogP contribution in [0.4, 0.5) is 4.39 Å². The summed E-state index contributed by atoms with van der Waals surface area (Å²) in [6.45, 7) is 1.12. The first-order chi connectivity index (χ1) is 12.1. The van der Waals surface area contributed by atoms with Crippen LogP contribution >= 0.6 is 11.3 Å². The predicted molar refractivity (Wildman–Crippen MR) is 98.5 cm³/mol. The number of thiophene rings is 1. The molecule has 2 heterocycles. The SMILES string of the molecule is CN(Cc1cccc(F)c1)Cc1nc2sc3c(c2c(=O)[nH]1)CCCC3. The van der Waals surface area contributed by atoms with Crippen LogP contribution < -0.4 is 5.56 Å². The predicted octanol–water partition coefficient (Wildman–Crippen LogP) is 3.63. The standard InChI is InChI=1S/C19H20FN3OS/c1-23(10-12-5-4-6-13(20)9-12)11-16-21-18(24)17-14-7-2-3-8-15(14)25-19(17)22-16/h4-6,9H,2-3,7-8,10-11H2,1H3,(H,21,22,24). The monoisotopic (exact) mass is 357 g/mol. The zero-order chi connectivity index (χ0) is 17.4. The number of aryl methyl sites for hydroxylation is 2. The van der Waals surface area contributed by atoms with Crippen molar-refractivity contribution in [3.63, 3.8) is 0 Å². The van der Waals surface area contributed by atoms with Crippen LogP contribution in [-0.4, -0.2) is 21.9 Å². The van der Waals surface area contributed by atoms with E-state index >= 15 is 0 Å². The minimum Gasteiger partial charge on any atom is -0.309 e. The Hall–Kier alpha value is -2.05. The van der Waals surface area contributed by atoms with Crippen molar-refractivity contribution in [2.75, 3.05) is 7.05 Å². The second kappa shape index (κ2) is 6.69. The second-order valence-corrected chi connectivity index (χ2v) is 7.79. The highest BCUT2D eigenvalue weighted by Gasteiger charge is 2.20. The first kappa shape index (κ1) is 16.4. The van der Waals surface area contributed by atoms with Crippen molar-refractivity contribution >= 4 is 21.6 Å². The Kier molecular flexibility index (Phi) is 4.39. The van der Waals surface area contributed by atoms with Crippen LogP contribution in [0.5, 0.6) is 0 Å². The van der Waals surface area contributed by atoms with Gasteiger partial charge in [0, 0.05) is 11.4 Å². The van der Waals surface area contributed by atoms with Gasteiger partial charge in [-0.15, -0.1) is 11.3 Å². The highest BCUT2D eigenvalue weighted by molar-refractivity contribution is 7.18. The van der Waals surface area contributed by atoms with Gasteiger partial charge < -0.3 is 4.98 Å². The number of hydrogen-bond acceptors (Lipinski definition) is 4. The van der Waals surface area contributed by atoms with Gasteiger partial charge in [0.2, 0.25) is 0 Å². The molecule has 0 radical (unpaired) electrons. The summed E-state index contributed by atoms with van der Waals surface area (Å²) in [4.78, 5) is 24.4. The fraction of sp³-hybridized carbons (Fsp3) is 0.368.